The van der Waals surface area contributed by atoms with Crippen LogP contribution in [-0.2, 0) is 24.5 Å². The van der Waals surface area contributed by atoms with Gasteiger partial charge in [0.05, 0.1) is 48.0 Å². The fraction of sp³-hybridized carbons (Fsp3) is 0.235. The van der Waals surface area contributed by atoms with Crippen LogP contribution in [0.25, 0.3) is 45.4 Å². The average Bonchev–Trinajstić information content (AvgIpc) is 3.66. The Morgan fingerprint density at radius 2 is 1.69 bits per heavy atom. The van der Waals surface area contributed by atoms with Gasteiger partial charge in [0, 0.05) is 27.6 Å². The number of nitrogens with one attached hydrogen (secondary N) is 2. The molecule has 8 heteroatoms. The Bertz CT molecular complexity index is 1970. The van der Waals surface area contributed by atoms with Crippen LogP contribution in [0.3, 0.4) is 0 Å². The van der Waals surface area contributed by atoms with Gasteiger partial charge in [0.1, 0.15) is 5.92 Å². The van der Waals surface area contributed by atoms with Crippen LogP contribution >= 0.6 is 0 Å². The van der Waals surface area contributed by atoms with Crippen molar-refractivity contribution in [1.29, 1.82) is 0 Å². The molecule has 2 N–H and O–H groups in total. The molecule has 0 saturated heterocycles. The minimum atomic E-state index is -1.01. The number of nitrogens with zero attached hydrogens (tertiary/aromatic N) is 2. The van der Waals surface area contributed by atoms with Gasteiger partial charge >= 0.3 is 11.9 Å². The van der Waals surface area contributed by atoms with Crippen LogP contribution in [0.1, 0.15) is 53.3 Å². The summed E-state index contributed by atoms with van der Waals surface area (Å²) in [6.07, 6.45) is 7.39. The first-order valence-corrected chi connectivity index (χ1v) is 13.7. The standard InChI is InChI=1S/C34H32N4O4/c1-8-22-19(4)27-15-29-24-10-9-23(32(39)41-6)31(33(40)42-7)34(24,5)30(38-29)16-26-18(3)12-21(36-26)13-20-11-17(2)25(35-20)14-28(22)37-27/h8-16,31,36-37H,1H2,2-7H3. The van der Waals surface area contributed by atoms with Gasteiger partial charge in [-0.1, -0.05) is 24.8 Å². The van der Waals surface area contributed by atoms with E-state index in [9.17, 15) is 9.59 Å². The number of methoxy groups -OCH3 is 2. The Labute approximate surface area is 243 Å². The maximum absolute atomic E-state index is 13.4. The molecular formula is C34H32N4O4. The molecule has 42 heavy (non-hydrogen) atoms. The highest BCUT2D eigenvalue weighted by Gasteiger charge is 2.53. The summed E-state index contributed by atoms with van der Waals surface area (Å²) in [4.78, 5) is 43.3. The summed E-state index contributed by atoms with van der Waals surface area (Å²) in [5.41, 5.74) is 10.5. The summed E-state index contributed by atoms with van der Waals surface area (Å²) in [5, 5.41) is 0. The molecule has 0 spiro atoms. The summed E-state index contributed by atoms with van der Waals surface area (Å²) in [6.45, 7) is 12.1. The molecule has 1 aliphatic carbocycles. The Balaban J connectivity index is 1.77. The SMILES string of the molecule is C=Cc1c(C)c2cc3nc(cc4[nH]c(cc5nc(cc1[nH]2)C(C)=C5)cc4C)C1(C)C3=CC=C(C(=O)OC)C1C(=O)OC. The predicted octanol–water partition coefficient (Wildman–Crippen LogP) is 6.38. The normalized spacial score (nSPS) is 19.3. The van der Waals surface area contributed by atoms with Gasteiger partial charge in [0.25, 0.3) is 0 Å². The number of fused-ring (bicyclic) bond motifs is 11. The molecule has 0 radical (unpaired) electrons. The van der Waals surface area contributed by atoms with E-state index in [0.29, 0.717) is 11.4 Å². The monoisotopic (exact) mass is 560 g/mol. The third kappa shape index (κ3) is 4.05. The zero-order chi connectivity index (χ0) is 29.9. The van der Waals surface area contributed by atoms with E-state index in [4.69, 9.17) is 19.4 Å². The van der Waals surface area contributed by atoms with E-state index < -0.39 is 23.3 Å². The van der Waals surface area contributed by atoms with Gasteiger partial charge in [-0.2, -0.15) is 0 Å². The molecule has 6 rings (SSSR count). The van der Waals surface area contributed by atoms with Crippen LogP contribution in [0, 0.1) is 19.8 Å². The van der Waals surface area contributed by atoms with Crippen molar-refractivity contribution >= 4 is 57.3 Å². The summed E-state index contributed by atoms with van der Waals surface area (Å²) >= 11 is 0. The van der Waals surface area contributed by atoms with Crippen LogP contribution in [0.15, 0.2) is 54.6 Å². The molecule has 5 heterocycles. The number of aromatic nitrogens is 4. The number of H-pyrrole nitrogens is 2. The van der Waals surface area contributed by atoms with Crippen LogP contribution < -0.4 is 0 Å². The molecule has 2 atom stereocenters. The van der Waals surface area contributed by atoms with Gasteiger partial charge in [0.15, 0.2) is 0 Å². The molecule has 3 aromatic rings. The van der Waals surface area contributed by atoms with Crippen LogP contribution in [0.2, 0.25) is 0 Å². The van der Waals surface area contributed by atoms with Crippen LogP contribution in [0.4, 0.5) is 0 Å². The smallest absolute Gasteiger partial charge is 0.334 e. The van der Waals surface area contributed by atoms with Gasteiger partial charge in [-0.05, 0) is 86.4 Å². The van der Waals surface area contributed by atoms with Crippen molar-refractivity contribution < 1.29 is 19.1 Å². The molecule has 8 nitrogen and oxygen atoms in total. The summed E-state index contributed by atoms with van der Waals surface area (Å²) in [7, 11) is 2.63. The highest BCUT2D eigenvalue weighted by atomic mass is 16.5. The van der Waals surface area contributed by atoms with E-state index in [2.05, 4.69) is 35.6 Å². The van der Waals surface area contributed by atoms with Crippen molar-refractivity contribution in [3.05, 3.63) is 94.1 Å². The number of ether oxygens (including phenoxy) is 2. The lowest BCUT2D eigenvalue weighted by atomic mass is 9.64. The van der Waals surface area contributed by atoms with Gasteiger partial charge in [-0.15, -0.1) is 0 Å². The maximum Gasteiger partial charge on any atom is 0.334 e. The van der Waals surface area contributed by atoms with E-state index in [-0.39, 0.29) is 5.57 Å². The number of aromatic amines is 2. The maximum atomic E-state index is 13.4. The van der Waals surface area contributed by atoms with Crippen molar-refractivity contribution in [3.63, 3.8) is 0 Å². The third-order valence-corrected chi connectivity index (χ3v) is 8.60. The molecule has 0 aromatic carbocycles. The molecule has 0 amide bonds. The second-order valence-electron chi connectivity index (χ2n) is 11.1. The lowest BCUT2D eigenvalue weighted by molar-refractivity contribution is -0.149. The van der Waals surface area contributed by atoms with Crippen molar-refractivity contribution in [3.8, 4) is 0 Å². The Hall–Kier alpha value is -4.98. The summed E-state index contributed by atoms with van der Waals surface area (Å²) in [5.74, 6) is -2.09. The highest BCUT2D eigenvalue weighted by Crippen LogP contribution is 2.52. The van der Waals surface area contributed by atoms with E-state index in [1.165, 1.54) is 14.2 Å². The van der Waals surface area contributed by atoms with Gasteiger partial charge in [-0.25, -0.2) is 9.78 Å². The first-order chi connectivity index (χ1) is 20.1. The number of allylic oxidation sites excluding steroid dienone is 4. The molecule has 3 aromatic heterocycles. The molecular weight excluding hydrogens is 528 g/mol. The van der Waals surface area contributed by atoms with Crippen LogP contribution in [0.5, 0.6) is 0 Å². The van der Waals surface area contributed by atoms with Gasteiger partial charge in [-0.3, -0.25) is 9.78 Å². The Morgan fingerprint density at radius 1 is 0.929 bits per heavy atom. The second kappa shape index (κ2) is 9.83. The number of carbonyl (C=O) groups is 2. The number of rotatable bonds is 3. The first-order valence-electron chi connectivity index (χ1n) is 13.7. The fourth-order valence-corrected chi connectivity index (χ4v) is 6.28. The fourth-order valence-electron chi connectivity index (χ4n) is 6.28. The van der Waals surface area contributed by atoms with Crippen LogP contribution in [-0.4, -0.2) is 46.1 Å². The molecule has 2 aliphatic heterocycles. The summed E-state index contributed by atoms with van der Waals surface area (Å²) in [6, 6.07) is 10.0. The molecule has 0 fully saturated rings. The zero-order valence-corrected chi connectivity index (χ0v) is 24.5. The number of carbonyl (C=O) groups excluding carboxylic acids is 2. The lowest BCUT2D eigenvalue weighted by Crippen LogP contribution is -2.42. The predicted molar refractivity (Wildman–Crippen MR) is 165 cm³/mol. The van der Waals surface area contributed by atoms with Crippen molar-refractivity contribution in [2.24, 2.45) is 5.92 Å². The van der Waals surface area contributed by atoms with E-state index in [1.807, 2.05) is 57.2 Å². The minimum Gasteiger partial charge on any atom is -0.469 e. The number of aryl methyl sites for hydroxylation is 2. The quantitative estimate of drug-likeness (QED) is 0.360. The molecule has 2 unspecified atom stereocenters. The highest BCUT2D eigenvalue weighted by molar-refractivity contribution is 6.01. The van der Waals surface area contributed by atoms with Gasteiger partial charge < -0.3 is 19.4 Å². The van der Waals surface area contributed by atoms with Crippen molar-refractivity contribution in [2.75, 3.05) is 14.2 Å². The molecule has 0 saturated carbocycles. The van der Waals surface area contributed by atoms with E-state index in [1.54, 1.807) is 6.08 Å². The second-order valence-corrected chi connectivity index (χ2v) is 11.1. The Kier molecular flexibility index (Phi) is 6.37. The molecule has 8 bridgehead atoms. The van der Waals surface area contributed by atoms with Gasteiger partial charge in [0.2, 0.25) is 0 Å². The van der Waals surface area contributed by atoms with Crippen molar-refractivity contribution in [1.82, 2.24) is 19.9 Å². The first kappa shape index (κ1) is 27.2. The largest absolute Gasteiger partial charge is 0.469 e. The summed E-state index contributed by atoms with van der Waals surface area (Å²) < 4.78 is 10.3. The third-order valence-electron chi connectivity index (χ3n) is 8.60. The minimum absolute atomic E-state index is 0.219. The number of esters is 2. The topological polar surface area (TPSA) is 110 Å². The lowest BCUT2D eigenvalue weighted by Gasteiger charge is -2.36. The molecule has 3 aliphatic rings. The average molecular weight is 561 g/mol. The number of hydrogen-bond acceptors (Lipinski definition) is 6. The molecule has 212 valence electrons. The Morgan fingerprint density at radius 3 is 2.40 bits per heavy atom. The van der Waals surface area contributed by atoms with Crippen molar-refractivity contribution in [2.45, 2.75) is 33.1 Å². The zero-order valence-electron chi connectivity index (χ0n) is 24.5. The van der Waals surface area contributed by atoms with E-state index >= 15 is 0 Å². The van der Waals surface area contributed by atoms with E-state index in [0.717, 1.165) is 61.3 Å². The number of hydrogen-bond donors (Lipinski definition) is 2.